The van der Waals surface area contributed by atoms with Crippen LogP contribution in [0.25, 0.3) is 0 Å². The van der Waals surface area contributed by atoms with Gasteiger partial charge in [-0.1, -0.05) is 13.3 Å². The molecule has 2 N–H and O–H groups in total. The first-order valence-electron chi connectivity index (χ1n) is 7.41. The summed E-state index contributed by atoms with van der Waals surface area (Å²) in [5.41, 5.74) is -3.84. The lowest BCUT2D eigenvalue weighted by molar-refractivity contribution is -0.200. The molecular formula is C15H15F4N3O3. The second-order valence-electron chi connectivity index (χ2n) is 5.45. The number of rotatable bonds is 5. The van der Waals surface area contributed by atoms with Crippen molar-refractivity contribution in [3.63, 3.8) is 0 Å². The summed E-state index contributed by atoms with van der Waals surface area (Å²) >= 11 is 0. The quantitative estimate of drug-likeness (QED) is 0.623. The van der Waals surface area contributed by atoms with Crippen molar-refractivity contribution in [3.05, 3.63) is 35.6 Å². The number of benzene rings is 1. The SMILES string of the molecule is CCCCN1C(=O)NC(NC(=O)c2ccc(F)cc2)(C(F)(F)F)C1=O. The molecule has 10 heteroatoms. The summed E-state index contributed by atoms with van der Waals surface area (Å²) in [5.74, 6) is -3.56. The summed E-state index contributed by atoms with van der Waals surface area (Å²) in [6, 6.07) is 2.46. The monoisotopic (exact) mass is 361 g/mol. The Morgan fingerprint density at radius 3 is 2.36 bits per heavy atom. The molecule has 1 aliphatic heterocycles. The number of hydrogen-bond acceptors (Lipinski definition) is 3. The van der Waals surface area contributed by atoms with Crippen molar-refractivity contribution in [1.29, 1.82) is 0 Å². The highest BCUT2D eigenvalue weighted by Crippen LogP contribution is 2.34. The number of alkyl halides is 3. The number of imide groups is 1. The fraction of sp³-hybridized carbons (Fsp3) is 0.400. The van der Waals surface area contributed by atoms with E-state index in [-0.39, 0.29) is 12.1 Å². The topological polar surface area (TPSA) is 78.5 Å². The van der Waals surface area contributed by atoms with Gasteiger partial charge in [-0.3, -0.25) is 19.8 Å². The van der Waals surface area contributed by atoms with Crippen molar-refractivity contribution in [2.24, 2.45) is 0 Å². The van der Waals surface area contributed by atoms with E-state index < -0.39 is 35.5 Å². The van der Waals surface area contributed by atoms with Gasteiger partial charge in [-0.15, -0.1) is 0 Å². The Morgan fingerprint density at radius 2 is 1.84 bits per heavy atom. The van der Waals surface area contributed by atoms with Crippen molar-refractivity contribution >= 4 is 17.8 Å². The number of hydrogen-bond donors (Lipinski definition) is 2. The highest BCUT2D eigenvalue weighted by Gasteiger charge is 2.68. The molecule has 0 aliphatic carbocycles. The fourth-order valence-corrected chi connectivity index (χ4v) is 2.29. The highest BCUT2D eigenvalue weighted by atomic mass is 19.4. The minimum Gasteiger partial charge on any atom is -0.314 e. The van der Waals surface area contributed by atoms with Crippen LogP contribution in [0.3, 0.4) is 0 Å². The van der Waals surface area contributed by atoms with E-state index in [1.54, 1.807) is 12.2 Å². The molecule has 0 radical (unpaired) electrons. The predicted octanol–water partition coefficient (Wildman–Crippen LogP) is 2.17. The summed E-state index contributed by atoms with van der Waals surface area (Å²) in [7, 11) is 0. The third kappa shape index (κ3) is 3.42. The van der Waals surface area contributed by atoms with Gasteiger partial charge in [0.1, 0.15) is 5.82 Å². The average molecular weight is 361 g/mol. The molecule has 1 heterocycles. The maximum absolute atomic E-state index is 13.5. The van der Waals surface area contributed by atoms with Gasteiger partial charge >= 0.3 is 12.2 Å². The number of halogens is 4. The summed E-state index contributed by atoms with van der Waals surface area (Å²) in [4.78, 5) is 36.6. The minimum atomic E-state index is -5.27. The Bertz CT molecular complexity index is 690. The van der Waals surface area contributed by atoms with Crippen LogP contribution in [0.1, 0.15) is 30.1 Å². The van der Waals surface area contributed by atoms with Gasteiger partial charge in [0.05, 0.1) is 0 Å². The molecule has 6 nitrogen and oxygen atoms in total. The molecule has 0 bridgehead atoms. The maximum Gasteiger partial charge on any atom is 0.440 e. The molecule has 0 saturated carbocycles. The summed E-state index contributed by atoms with van der Waals surface area (Å²) in [5, 5.41) is 3.08. The molecule has 136 valence electrons. The molecule has 25 heavy (non-hydrogen) atoms. The lowest BCUT2D eigenvalue weighted by Crippen LogP contribution is -2.69. The first kappa shape index (κ1) is 18.7. The molecule has 0 spiro atoms. The Labute approximate surface area is 140 Å². The summed E-state index contributed by atoms with van der Waals surface area (Å²) in [6.45, 7) is 1.54. The number of nitrogens with one attached hydrogen (secondary N) is 2. The van der Waals surface area contributed by atoms with Gasteiger partial charge in [-0.2, -0.15) is 13.2 Å². The molecule has 1 saturated heterocycles. The zero-order chi connectivity index (χ0) is 18.8. The van der Waals surface area contributed by atoms with Gasteiger partial charge in [0, 0.05) is 12.1 Å². The third-order valence-corrected chi connectivity index (χ3v) is 3.67. The second kappa shape index (κ2) is 6.69. The van der Waals surface area contributed by atoms with Gasteiger partial charge in [-0.25, -0.2) is 9.18 Å². The van der Waals surface area contributed by atoms with Gasteiger partial charge in [0.15, 0.2) is 0 Å². The minimum absolute atomic E-state index is 0.203. The number of carbonyl (C=O) groups is 3. The van der Waals surface area contributed by atoms with Gasteiger partial charge in [0.2, 0.25) is 0 Å². The molecular weight excluding hydrogens is 346 g/mol. The first-order valence-corrected chi connectivity index (χ1v) is 7.41. The van der Waals surface area contributed by atoms with Crippen molar-refractivity contribution < 1.29 is 31.9 Å². The van der Waals surface area contributed by atoms with Crippen LogP contribution in [0.15, 0.2) is 24.3 Å². The zero-order valence-electron chi connectivity index (χ0n) is 13.1. The van der Waals surface area contributed by atoms with E-state index in [1.165, 1.54) is 5.32 Å². The van der Waals surface area contributed by atoms with Crippen LogP contribution in [-0.2, 0) is 4.79 Å². The van der Waals surface area contributed by atoms with E-state index in [2.05, 4.69) is 0 Å². The van der Waals surface area contributed by atoms with Crippen molar-refractivity contribution in [3.8, 4) is 0 Å². The van der Waals surface area contributed by atoms with Crippen LogP contribution >= 0.6 is 0 Å². The van der Waals surface area contributed by atoms with E-state index in [9.17, 15) is 31.9 Å². The predicted molar refractivity (Wildman–Crippen MR) is 77.8 cm³/mol. The lowest BCUT2D eigenvalue weighted by Gasteiger charge is -2.29. The van der Waals surface area contributed by atoms with E-state index in [0.29, 0.717) is 17.7 Å². The molecule has 1 fully saturated rings. The molecule has 1 aliphatic rings. The third-order valence-electron chi connectivity index (χ3n) is 3.67. The largest absolute Gasteiger partial charge is 0.440 e. The van der Waals surface area contributed by atoms with Crippen molar-refractivity contribution in [2.75, 3.05) is 6.54 Å². The van der Waals surface area contributed by atoms with Crippen LogP contribution < -0.4 is 10.6 Å². The number of amides is 4. The zero-order valence-corrected chi connectivity index (χ0v) is 13.1. The molecule has 1 aromatic rings. The number of urea groups is 1. The summed E-state index contributed by atoms with van der Waals surface area (Å²) in [6.07, 6.45) is -4.40. The van der Waals surface area contributed by atoms with Crippen LogP contribution in [0.2, 0.25) is 0 Å². The molecule has 1 atom stereocenters. The van der Waals surface area contributed by atoms with Crippen LogP contribution in [0.4, 0.5) is 22.4 Å². The second-order valence-corrected chi connectivity index (χ2v) is 5.45. The number of carbonyl (C=O) groups excluding carboxylic acids is 3. The van der Waals surface area contributed by atoms with Crippen molar-refractivity contribution in [1.82, 2.24) is 15.5 Å². The first-order chi connectivity index (χ1) is 11.6. The molecule has 2 rings (SSSR count). The Balaban J connectivity index is 2.33. The standard InChI is InChI=1S/C15H15F4N3O3/c1-2-3-8-22-12(24)14(15(17,18)19,21-13(22)25)20-11(23)9-4-6-10(16)7-5-9/h4-7H,2-3,8H2,1H3,(H,20,23)(H,21,25). The fourth-order valence-electron chi connectivity index (χ4n) is 2.29. The van der Waals surface area contributed by atoms with E-state index in [1.807, 2.05) is 0 Å². The smallest absolute Gasteiger partial charge is 0.314 e. The number of unbranched alkanes of at least 4 members (excludes halogenated alkanes) is 1. The van der Waals surface area contributed by atoms with Gasteiger partial charge in [0.25, 0.3) is 17.5 Å². The Morgan fingerprint density at radius 1 is 1.24 bits per heavy atom. The number of nitrogens with zero attached hydrogens (tertiary/aromatic N) is 1. The Hall–Kier alpha value is -2.65. The van der Waals surface area contributed by atoms with Crippen LogP contribution in [0, 0.1) is 5.82 Å². The van der Waals surface area contributed by atoms with E-state index >= 15 is 0 Å². The van der Waals surface area contributed by atoms with Gasteiger partial charge in [-0.05, 0) is 30.7 Å². The van der Waals surface area contributed by atoms with Crippen LogP contribution in [-0.4, -0.2) is 41.1 Å². The normalized spacial score (nSPS) is 20.6. The maximum atomic E-state index is 13.5. The molecule has 1 unspecified atom stereocenters. The lowest BCUT2D eigenvalue weighted by atomic mass is 10.1. The van der Waals surface area contributed by atoms with E-state index in [4.69, 9.17) is 0 Å². The highest BCUT2D eigenvalue weighted by molar-refractivity contribution is 6.10. The summed E-state index contributed by atoms with van der Waals surface area (Å²) < 4.78 is 53.5. The van der Waals surface area contributed by atoms with E-state index in [0.717, 1.165) is 24.3 Å². The van der Waals surface area contributed by atoms with Crippen LogP contribution in [0.5, 0.6) is 0 Å². The average Bonchev–Trinajstić information content (AvgIpc) is 2.77. The molecule has 4 amide bonds. The van der Waals surface area contributed by atoms with Gasteiger partial charge < -0.3 is 5.32 Å². The molecule has 0 aromatic heterocycles. The Kier molecular flexibility index (Phi) is 5.00. The molecule has 1 aromatic carbocycles. The van der Waals surface area contributed by atoms with Crippen molar-refractivity contribution in [2.45, 2.75) is 31.6 Å².